The number of aromatic nitrogens is 1. The molecule has 0 saturated carbocycles. The van der Waals surface area contributed by atoms with Crippen LogP contribution in [0, 0.1) is 17.1 Å². The molecule has 4 nitrogen and oxygen atoms in total. The zero-order valence-corrected chi connectivity index (χ0v) is 16.0. The van der Waals surface area contributed by atoms with Gasteiger partial charge >= 0.3 is 6.18 Å². The van der Waals surface area contributed by atoms with Gasteiger partial charge in [0.2, 0.25) is 0 Å². The molecule has 0 atom stereocenters. The van der Waals surface area contributed by atoms with E-state index in [4.69, 9.17) is 10.00 Å². The van der Waals surface area contributed by atoms with E-state index in [0.29, 0.717) is 0 Å². The summed E-state index contributed by atoms with van der Waals surface area (Å²) < 4.78 is 58.3. The van der Waals surface area contributed by atoms with Gasteiger partial charge in [-0.3, -0.25) is 0 Å². The molecule has 0 spiro atoms. The molecular formula is C21H21F4N3O. The van der Waals surface area contributed by atoms with Crippen LogP contribution in [0.1, 0.15) is 35.4 Å². The summed E-state index contributed by atoms with van der Waals surface area (Å²) in [6.45, 7) is 1.80. The molecule has 3 rings (SSSR count). The Morgan fingerprint density at radius 1 is 1.17 bits per heavy atom. The molecule has 8 heteroatoms. The summed E-state index contributed by atoms with van der Waals surface area (Å²) >= 11 is 0. The summed E-state index contributed by atoms with van der Waals surface area (Å²) in [5.41, 5.74) is -0.568. The Morgan fingerprint density at radius 3 is 2.41 bits per heavy atom. The average Bonchev–Trinajstić information content (AvgIpc) is 2.69. The first-order valence-electron chi connectivity index (χ1n) is 9.22. The predicted octanol–water partition coefficient (Wildman–Crippen LogP) is 4.29. The Hall–Kier alpha value is -2.50. The molecule has 2 heterocycles. The first-order chi connectivity index (χ1) is 13.7. The molecule has 1 saturated heterocycles. The molecule has 2 aromatic rings. The highest BCUT2D eigenvalue weighted by Gasteiger charge is 2.36. The minimum atomic E-state index is -4.56. The molecule has 1 fully saturated rings. The summed E-state index contributed by atoms with van der Waals surface area (Å²) in [4.78, 5) is 6.11. The van der Waals surface area contributed by atoms with Crippen LogP contribution in [0.3, 0.4) is 0 Å². The number of nitriles is 1. The van der Waals surface area contributed by atoms with Crippen molar-refractivity contribution in [3.8, 4) is 6.07 Å². The quantitative estimate of drug-likeness (QED) is 0.694. The first kappa shape index (κ1) is 21.2. The maximum Gasteiger partial charge on any atom is 0.416 e. The summed E-state index contributed by atoms with van der Waals surface area (Å²) in [6.07, 6.45) is -2.99. The molecule has 0 bridgehead atoms. The van der Waals surface area contributed by atoms with E-state index in [9.17, 15) is 17.6 Å². The number of benzene rings is 1. The number of pyridine rings is 1. The highest BCUT2D eigenvalue weighted by molar-refractivity contribution is 5.31. The summed E-state index contributed by atoms with van der Waals surface area (Å²) in [6, 6.07) is 9.57. The lowest BCUT2D eigenvalue weighted by Gasteiger charge is -2.41. The van der Waals surface area contributed by atoms with E-state index in [-0.39, 0.29) is 35.8 Å². The highest BCUT2D eigenvalue weighted by Crippen LogP contribution is 2.36. The number of nitrogens with zero attached hydrogens (tertiary/aromatic N) is 3. The van der Waals surface area contributed by atoms with Crippen LogP contribution in [0.5, 0.6) is 0 Å². The minimum Gasteiger partial charge on any atom is -0.374 e. The Kier molecular flexibility index (Phi) is 6.20. The fraction of sp³-hybridized carbons (Fsp3) is 0.429. The van der Waals surface area contributed by atoms with Crippen molar-refractivity contribution in [3.63, 3.8) is 0 Å². The molecule has 1 aliphatic heterocycles. The first-order valence-corrected chi connectivity index (χ1v) is 9.22. The number of halogens is 4. The largest absolute Gasteiger partial charge is 0.416 e. The monoisotopic (exact) mass is 407 g/mol. The second-order valence-electron chi connectivity index (χ2n) is 7.43. The molecule has 0 amide bonds. The van der Waals surface area contributed by atoms with Crippen LogP contribution in [-0.2, 0) is 22.9 Å². The Bertz CT molecular complexity index is 882. The third-order valence-corrected chi connectivity index (χ3v) is 5.35. The number of hydrogen-bond acceptors (Lipinski definition) is 4. The van der Waals surface area contributed by atoms with Crippen LogP contribution < -0.4 is 0 Å². The molecular weight excluding hydrogens is 386 g/mol. The number of ether oxygens (including phenoxy) is 1. The fourth-order valence-corrected chi connectivity index (χ4v) is 3.60. The molecule has 0 radical (unpaired) electrons. The van der Waals surface area contributed by atoms with Crippen molar-refractivity contribution in [1.82, 2.24) is 9.88 Å². The highest BCUT2D eigenvalue weighted by atomic mass is 19.4. The number of rotatable bonds is 5. The molecule has 29 heavy (non-hydrogen) atoms. The van der Waals surface area contributed by atoms with E-state index in [2.05, 4.69) is 9.88 Å². The van der Waals surface area contributed by atoms with Gasteiger partial charge in [0.05, 0.1) is 24.5 Å². The lowest BCUT2D eigenvalue weighted by Crippen LogP contribution is -2.43. The molecule has 0 aliphatic carbocycles. The van der Waals surface area contributed by atoms with E-state index in [1.165, 1.54) is 12.1 Å². The molecule has 0 unspecified atom stereocenters. The zero-order chi connectivity index (χ0) is 21.1. The number of alkyl halides is 3. The van der Waals surface area contributed by atoms with Gasteiger partial charge in [0.1, 0.15) is 17.6 Å². The van der Waals surface area contributed by atoms with Crippen LogP contribution in [0.2, 0.25) is 0 Å². The second-order valence-corrected chi connectivity index (χ2v) is 7.43. The van der Waals surface area contributed by atoms with Gasteiger partial charge in [-0.25, -0.2) is 9.37 Å². The third-order valence-electron chi connectivity index (χ3n) is 5.35. The van der Waals surface area contributed by atoms with Gasteiger partial charge in [0, 0.05) is 5.41 Å². The molecule has 1 aromatic heterocycles. The minimum absolute atomic E-state index is 0.0542. The van der Waals surface area contributed by atoms with Gasteiger partial charge in [-0.2, -0.15) is 18.4 Å². The van der Waals surface area contributed by atoms with Crippen molar-refractivity contribution in [3.05, 3.63) is 64.7 Å². The number of likely N-dealkylation sites (tertiary alicyclic amines) is 1. The van der Waals surface area contributed by atoms with Gasteiger partial charge in [0.25, 0.3) is 0 Å². The fourth-order valence-electron chi connectivity index (χ4n) is 3.60. The summed E-state index contributed by atoms with van der Waals surface area (Å²) in [7, 11) is 2.02. The van der Waals surface area contributed by atoms with Crippen molar-refractivity contribution < 1.29 is 22.3 Å². The smallest absolute Gasteiger partial charge is 0.374 e. The molecule has 0 N–H and O–H groups in total. The lowest BCUT2D eigenvalue weighted by atomic mass is 9.73. The van der Waals surface area contributed by atoms with E-state index in [1.807, 2.05) is 7.05 Å². The standard InChI is InChI=1S/C21H21F4N3O/c1-28-8-6-20(7-9-28,15-2-4-17(22)5-3-15)14-29-13-19-11-16(21(23,24)25)10-18(12-26)27-19/h2-5,10-11H,6-9,13-14H2,1H3. The van der Waals surface area contributed by atoms with Crippen molar-refractivity contribution in [2.45, 2.75) is 31.0 Å². The molecule has 1 aliphatic rings. The third kappa shape index (κ3) is 5.11. The van der Waals surface area contributed by atoms with E-state index in [0.717, 1.165) is 43.6 Å². The average molecular weight is 407 g/mol. The Labute approximate surface area is 166 Å². The molecule has 154 valence electrons. The number of piperidine rings is 1. The van der Waals surface area contributed by atoms with Gasteiger partial charge in [-0.1, -0.05) is 12.1 Å². The van der Waals surface area contributed by atoms with Crippen LogP contribution in [-0.4, -0.2) is 36.6 Å². The van der Waals surface area contributed by atoms with Gasteiger partial charge in [0.15, 0.2) is 0 Å². The van der Waals surface area contributed by atoms with E-state index < -0.39 is 11.7 Å². The summed E-state index contributed by atoms with van der Waals surface area (Å²) in [5, 5.41) is 8.96. The van der Waals surface area contributed by atoms with Crippen molar-refractivity contribution in [1.29, 1.82) is 5.26 Å². The van der Waals surface area contributed by atoms with Crippen molar-refractivity contribution >= 4 is 0 Å². The van der Waals surface area contributed by atoms with Gasteiger partial charge in [-0.05, 0) is 62.8 Å². The maximum atomic E-state index is 13.4. The lowest BCUT2D eigenvalue weighted by molar-refractivity contribution is -0.137. The normalized spacial score (nSPS) is 17.1. The topological polar surface area (TPSA) is 49.1 Å². The van der Waals surface area contributed by atoms with E-state index in [1.54, 1.807) is 18.2 Å². The maximum absolute atomic E-state index is 13.4. The van der Waals surface area contributed by atoms with Crippen molar-refractivity contribution in [2.24, 2.45) is 0 Å². The predicted molar refractivity (Wildman–Crippen MR) is 98.4 cm³/mol. The summed E-state index contributed by atoms with van der Waals surface area (Å²) in [5.74, 6) is -0.324. The Balaban J connectivity index is 1.77. The van der Waals surface area contributed by atoms with Crippen LogP contribution in [0.25, 0.3) is 0 Å². The van der Waals surface area contributed by atoms with Crippen LogP contribution in [0.15, 0.2) is 36.4 Å². The number of hydrogen-bond donors (Lipinski definition) is 0. The Morgan fingerprint density at radius 2 is 1.83 bits per heavy atom. The van der Waals surface area contributed by atoms with Crippen LogP contribution >= 0.6 is 0 Å². The van der Waals surface area contributed by atoms with E-state index >= 15 is 0 Å². The molecule has 1 aromatic carbocycles. The zero-order valence-electron chi connectivity index (χ0n) is 16.0. The van der Waals surface area contributed by atoms with Gasteiger partial charge in [-0.15, -0.1) is 0 Å². The van der Waals surface area contributed by atoms with Crippen LogP contribution in [0.4, 0.5) is 17.6 Å². The SMILES string of the molecule is CN1CCC(COCc2cc(C(F)(F)F)cc(C#N)n2)(c2ccc(F)cc2)CC1. The van der Waals surface area contributed by atoms with Gasteiger partial charge < -0.3 is 9.64 Å². The van der Waals surface area contributed by atoms with Crippen molar-refractivity contribution in [2.75, 3.05) is 26.7 Å². The second kappa shape index (κ2) is 8.47.